The Morgan fingerprint density at radius 3 is 2.68 bits per heavy atom. The van der Waals surface area contributed by atoms with Crippen molar-refractivity contribution in [1.29, 1.82) is 0 Å². The first-order valence-corrected chi connectivity index (χ1v) is 8.25. The molecule has 7 heteroatoms. The molecule has 0 atom stereocenters. The minimum atomic E-state index is -1.05. The molecule has 0 bridgehead atoms. The summed E-state index contributed by atoms with van der Waals surface area (Å²) in [4.78, 5) is 21.9. The number of nitrogens with zero attached hydrogens (tertiary/aromatic N) is 4. The fraction of sp³-hybridized carbons (Fsp3) is 0.278. The Morgan fingerprint density at radius 1 is 1.20 bits per heavy atom. The largest absolute Gasteiger partial charge is 0.490 e. The number of aromatic nitrogens is 3. The minimum Gasteiger partial charge on any atom is -0.490 e. The van der Waals surface area contributed by atoms with Gasteiger partial charge in [0.25, 0.3) is 0 Å². The number of anilines is 1. The standard InChI is InChI=1S/C18H18N4O3/c23-17(24)15-12-16-19-8-11-22(16)18(20-15)21-9-6-14(7-10-21)25-13-4-2-1-3-5-13/h1-5,8,11-12,14H,6-7,9-10H2,(H,23,24). The van der Waals surface area contributed by atoms with E-state index in [2.05, 4.69) is 14.9 Å². The third-order valence-electron chi connectivity index (χ3n) is 4.36. The molecule has 1 aromatic carbocycles. The van der Waals surface area contributed by atoms with E-state index in [1.807, 2.05) is 34.7 Å². The molecule has 0 unspecified atom stereocenters. The van der Waals surface area contributed by atoms with Crippen LogP contribution in [0.15, 0.2) is 48.8 Å². The van der Waals surface area contributed by atoms with Crippen molar-refractivity contribution in [2.24, 2.45) is 0 Å². The van der Waals surface area contributed by atoms with E-state index in [0.717, 1.165) is 31.7 Å². The molecule has 3 aromatic rings. The van der Waals surface area contributed by atoms with Crippen molar-refractivity contribution in [3.05, 3.63) is 54.5 Å². The number of aromatic carboxylic acids is 1. The van der Waals surface area contributed by atoms with Crippen molar-refractivity contribution >= 4 is 17.6 Å². The normalized spacial score (nSPS) is 15.4. The summed E-state index contributed by atoms with van der Waals surface area (Å²) in [6, 6.07) is 11.3. The number of fused-ring (bicyclic) bond motifs is 1. The van der Waals surface area contributed by atoms with E-state index in [9.17, 15) is 9.90 Å². The highest BCUT2D eigenvalue weighted by molar-refractivity contribution is 5.87. The number of ether oxygens (including phenoxy) is 1. The Hall–Kier alpha value is -3.09. The molecular weight excluding hydrogens is 320 g/mol. The van der Waals surface area contributed by atoms with Gasteiger partial charge in [-0.15, -0.1) is 0 Å². The molecule has 1 aliphatic rings. The second-order valence-corrected chi connectivity index (χ2v) is 6.02. The van der Waals surface area contributed by atoms with Crippen LogP contribution in [0.4, 0.5) is 5.95 Å². The van der Waals surface area contributed by atoms with Gasteiger partial charge in [-0.1, -0.05) is 18.2 Å². The maximum atomic E-state index is 11.3. The molecule has 1 saturated heterocycles. The monoisotopic (exact) mass is 338 g/mol. The van der Waals surface area contributed by atoms with Gasteiger partial charge in [0.05, 0.1) is 0 Å². The summed E-state index contributed by atoms with van der Waals surface area (Å²) in [7, 11) is 0. The number of benzene rings is 1. The van der Waals surface area contributed by atoms with Crippen LogP contribution in [0.3, 0.4) is 0 Å². The molecule has 0 saturated carbocycles. The molecule has 25 heavy (non-hydrogen) atoms. The van der Waals surface area contributed by atoms with E-state index in [1.54, 1.807) is 12.4 Å². The van der Waals surface area contributed by atoms with Crippen molar-refractivity contribution in [3.8, 4) is 5.75 Å². The van der Waals surface area contributed by atoms with E-state index in [0.29, 0.717) is 11.6 Å². The SMILES string of the molecule is O=C(O)c1cc2nccn2c(N2CCC(Oc3ccccc3)CC2)n1. The highest BCUT2D eigenvalue weighted by atomic mass is 16.5. The van der Waals surface area contributed by atoms with Crippen LogP contribution in [0, 0.1) is 0 Å². The second kappa shape index (κ2) is 6.43. The predicted octanol–water partition coefficient (Wildman–Crippen LogP) is 2.48. The summed E-state index contributed by atoms with van der Waals surface area (Å²) in [5.41, 5.74) is 0.599. The molecule has 0 aliphatic carbocycles. The Balaban J connectivity index is 1.51. The molecule has 128 valence electrons. The molecule has 0 spiro atoms. The second-order valence-electron chi connectivity index (χ2n) is 6.02. The lowest BCUT2D eigenvalue weighted by molar-refractivity contribution is 0.0690. The third-order valence-corrected chi connectivity index (χ3v) is 4.36. The first kappa shape index (κ1) is 15.4. The molecule has 4 rings (SSSR count). The molecule has 2 aromatic heterocycles. The quantitative estimate of drug-likeness (QED) is 0.787. The Morgan fingerprint density at radius 2 is 1.96 bits per heavy atom. The molecule has 3 heterocycles. The minimum absolute atomic E-state index is 0.0105. The smallest absolute Gasteiger partial charge is 0.354 e. The lowest BCUT2D eigenvalue weighted by Crippen LogP contribution is -2.39. The van der Waals surface area contributed by atoms with E-state index in [4.69, 9.17) is 4.74 Å². The summed E-state index contributed by atoms with van der Waals surface area (Å²) >= 11 is 0. The summed E-state index contributed by atoms with van der Waals surface area (Å²) in [6.07, 6.45) is 5.31. The Bertz CT molecular complexity index is 886. The van der Waals surface area contributed by atoms with E-state index in [-0.39, 0.29) is 11.8 Å². The summed E-state index contributed by atoms with van der Waals surface area (Å²) in [5, 5.41) is 9.27. The number of hydrogen-bond acceptors (Lipinski definition) is 5. The average Bonchev–Trinajstić information content (AvgIpc) is 3.11. The van der Waals surface area contributed by atoms with Crippen LogP contribution < -0.4 is 9.64 Å². The number of carboxylic acid groups (broad SMARTS) is 1. The number of carbonyl (C=O) groups is 1. The highest BCUT2D eigenvalue weighted by Crippen LogP contribution is 2.23. The zero-order valence-electron chi connectivity index (χ0n) is 13.6. The summed E-state index contributed by atoms with van der Waals surface area (Å²) < 4.78 is 7.84. The summed E-state index contributed by atoms with van der Waals surface area (Å²) in [6.45, 7) is 1.50. The number of hydrogen-bond donors (Lipinski definition) is 1. The van der Waals surface area contributed by atoms with Crippen molar-refractivity contribution in [2.75, 3.05) is 18.0 Å². The molecule has 1 N–H and O–H groups in total. The van der Waals surface area contributed by atoms with Gasteiger partial charge < -0.3 is 14.7 Å². The summed E-state index contributed by atoms with van der Waals surface area (Å²) in [5.74, 6) is 0.448. The van der Waals surface area contributed by atoms with Crippen LogP contribution >= 0.6 is 0 Å². The van der Waals surface area contributed by atoms with Gasteiger partial charge in [-0.3, -0.25) is 4.40 Å². The van der Waals surface area contributed by atoms with Crippen LogP contribution in [-0.2, 0) is 0 Å². The molecule has 1 fully saturated rings. The van der Waals surface area contributed by atoms with Crippen molar-refractivity contribution in [3.63, 3.8) is 0 Å². The molecule has 0 amide bonds. The molecule has 0 radical (unpaired) electrons. The van der Waals surface area contributed by atoms with Gasteiger partial charge >= 0.3 is 5.97 Å². The predicted molar refractivity (Wildman–Crippen MR) is 92.3 cm³/mol. The average molecular weight is 338 g/mol. The van der Waals surface area contributed by atoms with Crippen molar-refractivity contribution in [1.82, 2.24) is 14.4 Å². The van der Waals surface area contributed by atoms with E-state index >= 15 is 0 Å². The van der Waals surface area contributed by atoms with Gasteiger partial charge in [-0.25, -0.2) is 14.8 Å². The van der Waals surface area contributed by atoms with Gasteiger partial charge in [0.15, 0.2) is 5.69 Å². The number of para-hydroxylation sites is 1. The maximum Gasteiger partial charge on any atom is 0.354 e. The fourth-order valence-electron chi connectivity index (χ4n) is 3.10. The molecule has 1 aliphatic heterocycles. The van der Waals surface area contributed by atoms with Crippen LogP contribution in [0.1, 0.15) is 23.3 Å². The van der Waals surface area contributed by atoms with Gasteiger partial charge in [0.2, 0.25) is 5.95 Å². The van der Waals surface area contributed by atoms with Gasteiger partial charge in [-0.05, 0) is 12.1 Å². The maximum absolute atomic E-state index is 11.3. The third kappa shape index (κ3) is 3.13. The molecule has 7 nitrogen and oxygen atoms in total. The first-order chi connectivity index (χ1) is 12.2. The number of carboxylic acids is 1. The Labute approximate surface area is 144 Å². The van der Waals surface area contributed by atoms with Crippen molar-refractivity contribution in [2.45, 2.75) is 18.9 Å². The Kier molecular flexibility index (Phi) is 3.97. The lowest BCUT2D eigenvalue weighted by Gasteiger charge is -2.33. The van der Waals surface area contributed by atoms with E-state index < -0.39 is 5.97 Å². The van der Waals surface area contributed by atoms with Crippen LogP contribution in [-0.4, -0.2) is 44.6 Å². The highest BCUT2D eigenvalue weighted by Gasteiger charge is 2.24. The van der Waals surface area contributed by atoms with Gasteiger partial charge in [0, 0.05) is 44.4 Å². The van der Waals surface area contributed by atoms with Gasteiger partial charge in [-0.2, -0.15) is 0 Å². The van der Waals surface area contributed by atoms with Crippen molar-refractivity contribution < 1.29 is 14.6 Å². The first-order valence-electron chi connectivity index (χ1n) is 8.25. The topological polar surface area (TPSA) is 80.0 Å². The number of imidazole rings is 1. The van der Waals surface area contributed by atoms with Crippen LogP contribution in [0.25, 0.3) is 5.65 Å². The number of rotatable bonds is 4. The fourth-order valence-corrected chi connectivity index (χ4v) is 3.10. The molecular formula is C18H18N4O3. The zero-order chi connectivity index (χ0) is 17.2. The van der Waals surface area contributed by atoms with E-state index in [1.165, 1.54) is 6.07 Å². The van der Waals surface area contributed by atoms with Gasteiger partial charge in [0.1, 0.15) is 17.5 Å². The number of piperidine rings is 1. The zero-order valence-corrected chi connectivity index (χ0v) is 13.6. The lowest BCUT2D eigenvalue weighted by atomic mass is 10.1. The van der Waals surface area contributed by atoms with Crippen LogP contribution in [0.2, 0.25) is 0 Å². The van der Waals surface area contributed by atoms with Crippen LogP contribution in [0.5, 0.6) is 5.75 Å².